The van der Waals surface area contributed by atoms with Gasteiger partial charge in [0.2, 0.25) is 5.95 Å². The monoisotopic (exact) mass is 580 g/mol. The molecule has 0 fully saturated rings. The van der Waals surface area contributed by atoms with Gasteiger partial charge in [0, 0.05) is 36.1 Å². The minimum absolute atomic E-state index is 0.181. The first kappa shape index (κ1) is 26.6. The van der Waals surface area contributed by atoms with Crippen molar-refractivity contribution in [3.8, 4) is 17.0 Å². The van der Waals surface area contributed by atoms with Gasteiger partial charge in [0.1, 0.15) is 17.0 Å². The topological polar surface area (TPSA) is 111 Å². The van der Waals surface area contributed by atoms with Gasteiger partial charge in [0.05, 0.1) is 23.4 Å². The maximum atomic E-state index is 13.7. The van der Waals surface area contributed by atoms with Crippen LogP contribution in [0, 0.1) is 0 Å². The molecule has 0 aliphatic carbocycles. The van der Waals surface area contributed by atoms with Crippen molar-refractivity contribution >= 4 is 57.6 Å². The van der Waals surface area contributed by atoms with Crippen LogP contribution in [0.5, 0.6) is 5.75 Å². The molecule has 3 heterocycles. The maximum Gasteiger partial charge on any atom is 0.278 e. The quantitative estimate of drug-likeness (QED) is 0.244. The molecule has 12 heteroatoms. The summed E-state index contributed by atoms with van der Waals surface area (Å²) in [5.41, 5.74) is 2.76. The lowest BCUT2D eigenvalue weighted by Gasteiger charge is -2.14. The molecule has 0 aliphatic heterocycles. The number of carbonyl (C=O) groups excluding carboxylic acids is 1. The van der Waals surface area contributed by atoms with Crippen LogP contribution in [0.1, 0.15) is 15.9 Å². The van der Waals surface area contributed by atoms with E-state index in [1.54, 1.807) is 61.2 Å². The van der Waals surface area contributed by atoms with Crippen LogP contribution in [0.4, 0.5) is 5.95 Å². The minimum Gasteiger partial charge on any atom is -0.497 e. The van der Waals surface area contributed by atoms with E-state index in [9.17, 15) is 9.59 Å². The number of thiophene rings is 1. The lowest BCUT2D eigenvalue weighted by molar-refractivity contribution is 0.0952. The second-order valence-electron chi connectivity index (χ2n) is 8.42. The number of nitrogens with one attached hydrogen (secondary N) is 2. The molecule has 39 heavy (non-hydrogen) atoms. The second kappa shape index (κ2) is 11.8. The van der Waals surface area contributed by atoms with Crippen molar-refractivity contribution in [3.63, 3.8) is 0 Å². The molecule has 0 aliphatic rings. The second-order valence-corrected chi connectivity index (χ2v) is 10.0. The van der Waals surface area contributed by atoms with Gasteiger partial charge in [-0.3, -0.25) is 14.2 Å². The van der Waals surface area contributed by atoms with Crippen LogP contribution in [-0.4, -0.2) is 39.1 Å². The first-order chi connectivity index (χ1) is 18.9. The molecule has 2 N–H and O–H groups in total. The van der Waals surface area contributed by atoms with E-state index in [2.05, 4.69) is 25.6 Å². The largest absolute Gasteiger partial charge is 0.497 e. The van der Waals surface area contributed by atoms with Crippen molar-refractivity contribution in [3.05, 3.63) is 97.0 Å². The standard InChI is InChI=1S/C27H22Cl2N6O3S/c1-38-19-5-3-17(4-6-19)23-26(37)35(10-9-30-25(36)18-8-11-39-15-18)24-22(33-23)14-32-27(34-24)31-13-16-2-7-20(28)21(29)12-16/h2-8,11-12,14-15H,9-10,13H2,1H3,(H,30,36)(H,31,32,34). The Bertz CT molecular complexity index is 1690. The van der Waals surface area contributed by atoms with Gasteiger partial charge in [-0.15, -0.1) is 0 Å². The summed E-state index contributed by atoms with van der Waals surface area (Å²) in [7, 11) is 1.57. The Morgan fingerprint density at radius 1 is 1.08 bits per heavy atom. The molecule has 0 unspecified atom stereocenters. The molecule has 9 nitrogen and oxygen atoms in total. The Hall–Kier alpha value is -3.99. The van der Waals surface area contributed by atoms with Gasteiger partial charge in [-0.2, -0.15) is 16.3 Å². The number of hydrogen-bond acceptors (Lipinski definition) is 8. The first-order valence-electron chi connectivity index (χ1n) is 11.8. The molecule has 0 bridgehead atoms. The zero-order valence-corrected chi connectivity index (χ0v) is 23.0. The van der Waals surface area contributed by atoms with Crippen LogP contribution in [0.15, 0.2) is 70.3 Å². The van der Waals surface area contributed by atoms with Crippen molar-refractivity contribution in [2.75, 3.05) is 19.0 Å². The third-order valence-electron chi connectivity index (χ3n) is 5.89. The van der Waals surface area contributed by atoms with Gasteiger partial charge in [0.25, 0.3) is 11.5 Å². The molecule has 3 aromatic heterocycles. The van der Waals surface area contributed by atoms with Gasteiger partial charge in [-0.25, -0.2) is 9.97 Å². The van der Waals surface area contributed by atoms with Crippen LogP contribution in [-0.2, 0) is 13.1 Å². The number of hydrogen-bond donors (Lipinski definition) is 2. The lowest BCUT2D eigenvalue weighted by atomic mass is 10.1. The Balaban J connectivity index is 1.47. The average Bonchev–Trinajstić information content (AvgIpc) is 3.50. The van der Waals surface area contributed by atoms with Gasteiger partial charge < -0.3 is 15.4 Å². The number of halogens is 2. The number of ether oxygens (including phenoxy) is 1. The van der Waals surface area contributed by atoms with Crippen LogP contribution >= 0.6 is 34.5 Å². The molecule has 2 aromatic carbocycles. The fourth-order valence-corrected chi connectivity index (χ4v) is 4.83. The van der Waals surface area contributed by atoms with E-state index in [-0.39, 0.29) is 30.2 Å². The lowest BCUT2D eigenvalue weighted by Crippen LogP contribution is -2.32. The summed E-state index contributed by atoms with van der Waals surface area (Å²) in [5, 5.41) is 10.5. The highest BCUT2D eigenvalue weighted by molar-refractivity contribution is 7.08. The zero-order chi connectivity index (χ0) is 27.4. The zero-order valence-electron chi connectivity index (χ0n) is 20.6. The van der Waals surface area contributed by atoms with Crippen molar-refractivity contribution in [2.45, 2.75) is 13.1 Å². The van der Waals surface area contributed by atoms with E-state index >= 15 is 0 Å². The first-order valence-corrected chi connectivity index (χ1v) is 13.5. The molecule has 5 aromatic rings. The molecule has 0 radical (unpaired) electrons. The predicted octanol–water partition coefficient (Wildman–Crippen LogP) is 5.27. The summed E-state index contributed by atoms with van der Waals surface area (Å²) in [6.07, 6.45) is 1.56. The third-order valence-corrected chi connectivity index (χ3v) is 7.31. The molecular weight excluding hydrogens is 559 g/mol. The number of anilines is 1. The Kier molecular flexibility index (Phi) is 8.06. The van der Waals surface area contributed by atoms with Gasteiger partial charge >= 0.3 is 0 Å². The molecule has 0 saturated heterocycles. The van der Waals surface area contributed by atoms with Crippen molar-refractivity contribution in [1.29, 1.82) is 0 Å². The van der Waals surface area contributed by atoms with E-state index in [4.69, 9.17) is 27.9 Å². The highest BCUT2D eigenvalue weighted by Gasteiger charge is 2.16. The van der Waals surface area contributed by atoms with Gasteiger partial charge in [-0.05, 0) is 53.4 Å². The van der Waals surface area contributed by atoms with Crippen LogP contribution in [0.2, 0.25) is 10.0 Å². The molecule has 0 spiro atoms. The van der Waals surface area contributed by atoms with Crippen molar-refractivity contribution < 1.29 is 9.53 Å². The summed E-state index contributed by atoms with van der Waals surface area (Å²) in [4.78, 5) is 39.7. The van der Waals surface area contributed by atoms with Crippen molar-refractivity contribution in [1.82, 2.24) is 24.8 Å². The summed E-state index contributed by atoms with van der Waals surface area (Å²) < 4.78 is 6.73. The number of carbonyl (C=O) groups is 1. The van der Waals surface area contributed by atoms with E-state index < -0.39 is 0 Å². The number of benzene rings is 2. The minimum atomic E-state index is -0.341. The Morgan fingerprint density at radius 3 is 2.62 bits per heavy atom. The summed E-state index contributed by atoms with van der Waals surface area (Å²) >= 11 is 13.6. The predicted molar refractivity (Wildman–Crippen MR) is 154 cm³/mol. The fourth-order valence-electron chi connectivity index (χ4n) is 3.87. The average molecular weight is 581 g/mol. The van der Waals surface area contributed by atoms with E-state index in [0.29, 0.717) is 50.6 Å². The SMILES string of the molecule is COc1ccc(-c2nc3cnc(NCc4ccc(Cl)c(Cl)c4)nc3n(CCNC(=O)c3ccsc3)c2=O)cc1. The van der Waals surface area contributed by atoms with Crippen molar-refractivity contribution in [2.24, 2.45) is 0 Å². The Labute approximate surface area is 237 Å². The van der Waals surface area contributed by atoms with E-state index in [0.717, 1.165) is 5.56 Å². The highest BCUT2D eigenvalue weighted by atomic mass is 35.5. The molecule has 5 rings (SSSR count). The fraction of sp³-hybridized carbons (Fsp3) is 0.148. The highest BCUT2D eigenvalue weighted by Crippen LogP contribution is 2.23. The smallest absolute Gasteiger partial charge is 0.278 e. The third kappa shape index (κ3) is 6.03. The molecule has 0 atom stereocenters. The molecule has 1 amide bonds. The summed E-state index contributed by atoms with van der Waals surface area (Å²) in [6, 6.07) is 14.1. The van der Waals surface area contributed by atoms with Gasteiger partial charge in [0.15, 0.2) is 5.65 Å². The van der Waals surface area contributed by atoms with Gasteiger partial charge in [-0.1, -0.05) is 29.3 Å². The molecular formula is C27H22Cl2N6O3S. The number of methoxy groups -OCH3 is 1. The maximum absolute atomic E-state index is 13.7. The number of aromatic nitrogens is 4. The summed E-state index contributed by atoms with van der Waals surface area (Å²) in [6.45, 7) is 0.784. The molecule has 198 valence electrons. The number of rotatable bonds is 9. The number of amides is 1. The normalized spacial score (nSPS) is 10.9. The number of nitrogens with zero attached hydrogens (tertiary/aromatic N) is 4. The van der Waals surface area contributed by atoms with E-state index in [1.807, 2.05) is 11.4 Å². The Morgan fingerprint density at radius 2 is 1.90 bits per heavy atom. The van der Waals surface area contributed by atoms with Crippen LogP contribution in [0.25, 0.3) is 22.4 Å². The van der Waals surface area contributed by atoms with Crippen LogP contribution < -0.4 is 20.9 Å². The van der Waals surface area contributed by atoms with Crippen LogP contribution in [0.3, 0.4) is 0 Å². The van der Waals surface area contributed by atoms with E-state index in [1.165, 1.54) is 15.9 Å². The summed E-state index contributed by atoms with van der Waals surface area (Å²) in [5.74, 6) is 0.761. The number of fused-ring (bicyclic) bond motifs is 1. The molecule has 0 saturated carbocycles.